The summed E-state index contributed by atoms with van der Waals surface area (Å²) in [5.74, 6) is 0. The van der Waals surface area contributed by atoms with Crippen molar-refractivity contribution in [3.05, 3.63) is 28.8 Å². The minimum Gasteiger partial charge on any atom is -0.385 e. The predicted molar refractivity (Wildman–Crippen MR) is 78.6 cm³/mol. The third-order valence-electron chi connectivity index (χ3n) is 3.36. The fourth-order valence-electron chi connectivity index (χ4n) is 2.29. The Kier molecular flexibility index (Phi) is 5.29. The van der Waals surface area contributed by atoms with Gasteiger partial charge in [-0.05, 0) is 43.7 Å². The first-order valence-electron chi connectivity index (χ1n) is 6.69. The smallest absolute Gasteiger partial charge is 0.0410 e. The molecule has 1 aromatic rings. The van der Waals surface area contributed by atoms with E-state index < -0.39 is 0 Å². The zero-order valence-electron chi connectivity index (χ0n) is 11.0. The van der Waals surface area contributed by atoms with Crippen molar-refractivity contribution in [3.8, 4) is 0 Å². The lowest BCUT2D eigenvalue weighted by Gasteiger charge is -2.27. The summed E-state index contributed by atoms with van der Waals surface area (Å²) in [7, 11) is 0. The standard InChI is InChI=1S/C14H22ClN3/c1-12-11-13(15)3-4-14(12)17-5-2-8-18-9-6-16-7-10-18/h3-4,11,16-17H,2,5-10H2,1H3. The number of benzene rings is 1. The van der Waals surface area contributed by atoms with Gasteiger partial charge in [-0.25, -0.2) is 0 Å². The first-order chi connectivity index (χ1) is 8.75. The quantitative estimate of drug-likeness (QED) is 0.802. The highest BCUT2D eigenvalue weighted by Crippen LogP contribution is 2.19. The molecular formula is C14H22ClN3. The summed E-state index contributed by atoms with van der Waals surface area (Å²) in [4.78, 5) is 2.52. The number of nitrogens with zero attached hydrogens (tertiary/aromatic N) is 1. The fraction of sp³-hybridized carbons (Fsp3) is 0.571. The van der Waals surface area contributed by atoms with E-state index in [1.165, 1.54) is 37.3 Å². The molecule has 1 heterocycles. The number of piperazine rings is 1. The zero-order chi connectivity index (χ0) is 12.8. The molecule has 2 rings (SSSR count). The average Bonchev–Trinajstić information content (AvgIpc) is 2.38. The van der Waals surface area contributed by atoms with E-state index in [0.717, 1.165) is 24.7 Å². The van der Waals surface area contributed by atoms with Crippen LogP contribution in [0.2, 0.25) is 5.02 Å². The lowest BCUT2D eigenvalue weighted by Crippen LogP contribution is -2.44. The molecule has 100 valence electrons. The van der Waals surface area contributed by atoms with Gasteiger partial charge in [-0.1, -0.05) is 11.6 Å². The van der Waals surface area contributed by atoms with Crippen molar-refractivity contribution in [1.29, 1.82) is 0 Å². The van der Waals surface area contributed by atoms with E-state index in [0.29, 0.717) is 0 Å². The molecule has 0 aromatic heterocycles. The maximum Gasteiger partial charge on any atom is 0.0410 e. The van der Waals surface area contributed by atoms with Crippen molar-refractivity contribution >= 4 is 17.3 Å². The van der Waals surface area contributed by atoms with E-state index in [4.69, 9.17) is 11.6 Å². The number of rotatable bonds is 5. The summed E-state index contributed by atoms with van der Waals surface area (Å²) in [5.41, 5.74) is 2.41. The highest BCUT2D eigenvalue weighted by Gasteiger charge is 2.08. The van der Waals surface area contributed by atoms with Crippen LogP contribution in [-0.4, -0.2) is 44.2 Å². The number of aryl methyl sites for hydroxylation is 1. The van der Waals surface area contributed by atoms with Crippen LogP contribution in [0.15, 0.2) is 18.2 Å². The van der Waals surface area contributed by atoms with E-state index in [1.54, 1.807) is 0 Å². The van der Waals surface area contributed by atoms with Gasteiger partial charge in [-0.2, -0.15) is 0 Å². The minimum atomic E-state index is 0.805. The van der Waals surface area contributed by atoms with Crippen LogP contribution in [0.25, 0.3) is 0 Å². The molecule has 18 heavy (non-hydrogen) atoms. The Morgan fingerprint density at radius 1 is 1.33 bits per heavy atom. The Labute approximate surface area is 115 Å². The van der Waals surface area contributed by atoms with Crippen LogP contribution in [0.4, 0.5) is 5.69 Å². The average molecular weight is 268 g/mol. The molecule has 2 N–H and O–H groups in total. The lowest BCUT2D eigenvalue weighted by molar-refractivity contribution is 0.240. The highest BCUT2D eigenvalue weighted by molar-refractivity contribution is 6.30. The summed E-state index contributed by atoms with van der Waals surface area (Å²) in [6.45, 7) is 8.91. The number of hydrogen-bond donors (Lipinski definition) is 2. The summed E-state index contributed by atoms with van der Waals surface area (Å²) < 4.78 is 0. The van der Waals surface area contributed by atoms with E-state index in [9.17, 15) is 0 Å². The zero-order valence-corrected chi connectivity index (χ0v) is 11.8. The second-order valence-electron chi connectivity index (χ2n) is 4.83. The maximum absolute atomic E-state index is 5.94. The fourth-order valence-corrected chi connectivity index (χ4v) is 2.51. The molecule has 1 saturated heterocycles. The van der Waals surface area contributed by atoms with E-state index >= 15 is 0 Å². The first-order valence-corrected chi connectivity index (χ1v) is 7.06. The molecule has 0 aliphatic carbocycles. The van der Waals surface area contributed by atoms with Crippen molar-refractivity contribution in [2.24, 2.45) is 0 Å². The van der Waals surface area contributed by atoms with Gasteiger partial charge in [0.15, 0.2) is 0 Å². The van der Waals surface area contributed by atoms with Crippen LogP contribution in [0.3, 0.4) is 0 Å². The van der Waals surface area contributed by atoms with Crippen molar-refractivity contribution in [3.63, 3.8) is 0 Å². The summed E-state index contributed by atoms with van der Waals surface area (Å²) >= 11 is 5.94. The van der Waals surface area contributed by atoms with Gasteiger partial charge in [0.25, 0.3) is 0 Å². The molecule has 0 unspecified atom stereocenters. The Morgan fingerprint density at radius 2 is 2.11 bits per heavy atom. The molecule has 0 atom stereocenters. The van der Waals surface area contributed by atoms with Crippen LogP contribution in [-0.2, 0) is 0 Å². The molecule has 1 aliphatic rings. The third-order valence-corrected chi connectivity index (χ3v) is 3.60. The Hall–Kier alpha value is -0.770. The summed E-state index contributed by atoms with van der Waals surface area (Å²) in [6.07, 6.45) is 1.18. The van der Waals surface area contributed by atoms with Gasteiger partial charge in [-0.3, -0.25) is 0 Å². The maximum atomic E-state index is 5.94. The molecule has 0 amide bonds. The van der Waals surface area contributed by atoms with E-state index in [1.807, 2.05) is 12.1 Å². The van der Waals surface area contributed by atoms with Crippen LogP contribution < -0.4 is 10.6 Å². The second-order valence-corrected chi connectivity index (χ2v) is 5.27. The lowest BCUT2D eigenvalue weighted by atomic mass is 10.2. The molecule has 1 aromatic carbocycles. The number of anilines is 1. The van der Waals surface area contributed by atoms with Gasteiger partial charge >= 0.3 is 0 Å². The Bertz CT molecular complexity index is 375. The van der Waals surface area contributed by atoms with Gasteiger partial charge in [0.2, 0.25) is 0 Å². The monoisotopic (exact) mass is 267 g/mol. The van der Waals surface area contributed by atoms with Gasteiger partial charge in [0.1, 0.15) is 0 Å². The third kappa shape index (κ3) is 4.16. The normalized spacial score (nSPS) is 16.8. The van der Waals surface area contributed by atoms with Crippen molar-refractivity contribution < 1.29 is 0 Å². The van der Waals surface area contributed by atoms with Gasteiger partial charge in [0, 0.05) is 43.4 Å². The molecule has 0 radical (unpaired) electrons. The van der Waals surface area contributed by atoms with Crippen molar-refractivity contribution in [2.45, 2.75) is 13.3 Å². The summed E-state index contributed by atoms with van der Waals surface area (Å²) in [5, 5.41) is 7.66. The van der Waals surface area contributed by atoms with Crippen LogP contribution in [0.1, 0.15) is 12.0 Å². The molecule has 1 fully saturated rings. The minimum absolute atomic E-state index is 0.805. The number of halogens is 1. The molecule has 0 spiro atoms. The van der Waals surface area contributed by atoms with Crippen LogP contribution >= 0.6 is 11.6 Å². The second kappa shape index (κ2) is 6.98. The topological polar surface area (TPSA) is 27.3 Å². The van der Waals surface area contributed by atoms with Gasteiger partial charge in [0.05, 0.1) is 0 Å². The largest absolute Gasteiger partial charge is 0.385 e. The molecular weight excluding hydrogens is 246 g/mol. The van der Waals surface area contributed by atoms with Crippen molar-refractivity contribution in [2.75, 3.05) is 44.6 Å². The molecule has 0 bridgehead atoms. The van der Waals surface area contributed by atoms with E-state index in [-0.39, 0.29) is 0 Å². The Morgan fingerprint density at radius 3 is 2.83 bits per heavy atom. The summed E-state index contributed by atoms with van der Waals surface area (Å²) in [6, 6.07) is 6.00. The molecule has 0 saturated carbocycles. The van der Waals surface area contributed by atoms with Crippen LogP contribution in [0, 0.1) is 6.92 Å². The Balaban J connectivity index is 1.68. The SMILES string of the molecule is Cc1cc(Cl)ccc1NCCCN1CCNCC1. The molecule has 4 heteroatoms. The number of nitrogens with one attached hydrogen (secondary N) is 2. The highest BCUT2D eigenvalue weighted by atomic mass is 35.5. The van der Waals surface area contributed by atoms with Crippen LogP contribution in [0.5, 0.6) is 0 Å². The first kappa shape index (κ1) is 13.7. The predicted octanol–water partition coefficient (Wildman–Crippen LogP) is 2.36. The number of hydrogen-bond acceptors (Lipinski definition) is 3. The molecule has 3 nitrogen and oxygen atoms in total. The van der Waals surface area contributed by atoms with Crippen molar-refractivity contribution in [1.82, 2.24) is 10.2 Å². The van der Waals surface area contributed by atoms with Gasteiger partial charge < -0.3 is 15.5 Å². The van der Waals surface area contributed by atoms with Gasteiger partial charge in [-0.15, -0.1) is 0 Å². The molecule has 1 aliphatic heterocycles. The van der Waals surface area contributed by atoms with E-state index in [2.05, 4.69) is 28.5 Å².